The Kier molecular flexibility index (Phi) is 3.34. The highest BCUT2D eigenvalue weighted by molar-refractivity contribution is 5.22. The van der Waals surface area contributed by atoms with Gasteiger partial charge in [-0.05, 0) is 57.6 Å². The molecule has 0 aliphatic heterocycles. The van der Waals surface area contributed by atoms with Crippen LogP contribution in [0.15, 0.2) is 30.3 Å². The molecule has 1 saturated carbocycles. The van der Waals surface area contributed by atoms with Crippen LogP contribution >= 0.6 is 0 Å². The molecule has 1 aromatic rings. The topological polar surface area (TPSA) is 12.0 Å². The standard InChI is InChI=1S/C15H23N/c1-15(2,3)16-11-13-9-10-14(13)12-7-5-4-6-8-12/h4-8,13-14,16H,9-11H2,1-3H3. The lowest BCUT2D eigenvalue weighted by Gasteiger charge is -2.39. The smallest absolute Gasteiger partial charge is 0.00966 e. The van der Waals surface area contributed by atoms with E-state index in [2.05, 4.69) is 56.4 Å². The summed E-state index contributed by atoms with van der Waals surface area (Å²) in [5, 5.41) is 3.62. The van der Waals surface area contributed by atoms with Gasteiger partial charge in [0.1, 0.15) is 0 Å². The minimum Gasteiger partial charge on any atom is -0.312 e. The summed E-state index contributed by atoms with van der Waals surface area (Å²) in [6.07, 6.45) is 2.74. The number of nitrogens with one attached hydrogen (secondary N) is 1. The lowest BCUT2D eigenvalue weighted by atomic mass is 9.70. The van der Waals surface area contributed by atoms with E-state index in [-0.39, 0.29) is 5.54 Å². The van der Waals surface area contributed by atoms with Gasteiger partial charge >= 0.3 is 0 Å². The van der Waals surface area contributed by atoms with Gasteiger partial charge in [-0.25, -0.2) is 0 Å². The van der Waals surface area contributed by atoms with E-state index in [0.717, 1.165) is 18.4 Å². The van der Waals surface area contributed by atoms with Gasteiger partial charge in [0, 0.05) is 5.54 Å². The van der Waals surface area contributed by atoms with Crippen molar-refractivity contribution >= 4 is 0 Å². The molecule has 1 heteroatoms. The number of benzene rings is 1. The third-order valence-electron chi connectivity index (χ3n) is 3.54. The summed E-state index contributed by atoms with van der Waals surface area (Å²) in [7, 11) is 0. The SMILES string of the molecule is CC(C)(C)NCC1CCC1c1ccccc1. The second-order valence-corrected chi connectivity index (χ2v) is 5.99. The van der Waals surface area contributed by atoms with Gasteiger partial charge in [0.05, 0.1) is 0 Å². The highest BCUT2D eigenvalue weighted by Gasteiger charge is 2.32. The Hall–Kier alpha value is -0.820. The fourth-order valence-electron chi connectivity index (χ4n) is 2.39. The van der Waals surface area contributed by atoms with E-state index in [1.165, 1.54) is 18.4 Å². The number of hydrogen-bond acceptors (Lipinski definition) is 1. The molecule has 1 aliphatic carbocycles. The van der Waals surface area contributed by atoms with Crippen molar-refractivity contribution in [1.29, 1.82) is 0 Å². The molecule has 0 amide bonds. The summed E-state index contributed by atoms with van der Waals surface area (Å²) in [6, 6.07) is 11.0. The molecule has 2 unspecified atom stereocenters. The van der Waals surface area contributed by atoms with Gasteiger partial charge in [0.2, 0.25) is 0 Å². The maximum Gasteiger partial charge on any atom is 0.00966 e. The summed E-state index contributed by atoms with van der Waals surface area (Å²) in [6.45, 7) is 7.87. The van der Waals surface area contributed by atoms with Crippen LogP contribution in [-0.4, -0.2) is 12.1 Å². The molecule has 1 aromatic carbocycles. The first-order valence-corrected chi connectivity index (χ1v) is 6.36. The molecule has 0 aromatic heterocycles. The van der Waals surface area contributed by atoms with Crippen LogP contribution in [0.3, 0.4) is 0 Å². The highest BCUT2D eigenvalue weighted by atomic mass is 14.9. The van der Waals surface area contributed by atoms with Gasteiger partial charge in [0.25, 0.3) is 0 Å². The van der Waals surface area contributed by atoms with Crippen molar-refractivity contribution in [2.75, 3.05) is 6.54 Å². The van der Waals surface area contributed by atoms with Crippen LogP contribution in [0.25, 0.3) is 0 Å². The Morgan fingerprint density at radius 3 is 2.31 bits per heavy atom. The van der Waals surface area contributed by atoms with E-state index in [0.29, 0.717) is 0 Å². The van der Waals surface area contributed by atoms with Crippen LogP contribution in [0.5, 0.6) is 0 Å². The molecule has 0 spiro atoms. The lowest BCUT2D eigenvalue weighted by Crippen LogP contribution is -2.42. The quantitative estimate of drug-likeness (QED) is 0.816. The summed E-state index contributed by atoms with van der Waals surface area (Å²) in [5.41, 5.74) is 1.77. The summed E-state index contributed by atoms with van der Waals surface area (Å²) in [4.78, 5) is 0. The fourth-order valence-corrected chi connectivity index (χ4v) is 2.39. The first-order valence-electron chi connectivity index (χ1n) is 6.36. The molecule has 1 N–H and O–H groups in total. The van der Waals surface area contributed by atoms with Gasteiger partial charge in [-0.3, -0.25) is 0 Å². The van der Waals surface area contributed by atoms with E-state index in [9.17, 15) is 0 Å². The Bertz CT molecular complexity index is 323. The predicted molar refractivity (Wildman–Crippen MR) is 69.7 cm³/mol. The van der Waals surface area contributed by atoms with Gasteiger partial charge in [-0.15, -0.1) is 0 Å². The van der Waals surface area contributed by atoms with E-state index in [4.69, 9.17) is 0 Å². The average molecular weight is 217 g/mol. The van der Waals surface area contributed by atoms with Crippen LogP contribution in [0.1, 0.15) is 45.1 Å². The molecule has 0 bridgehead atoms. The Morgan fingerprint density at radius 1 is 1.12 bits per heavy atom. The zero-order valence-electron chi connectivity index (χ0n) is 10.7. The van der Waals surface area contributed by atoms with E-state index in [1.54, 1.807) is 0 Å². The van der Waals surface area contributed by atoms with Crippen molar-refractivity contribution < 1.29 is 0 Å². The van der Waals surface area contributed by atoms with Crippen LogP contribution in [0.2, 0.25) is 0 Å². The van der Waals surface area contributed by atoms with Crippen LogP contribution in [0.4, 0.5) is 0 Å². The monoisotopic (exact) mass is 217 g/mol. The normalized spacial score (nSPS) is 25.2. The van der Waals surface area contributed by atoms with Crippen molar-refractivity contribution in [2.24, 2.45) is 5.92 Å². The second kappa shape index (κ2) is 4.58. The fraction of sp³-hybridized carbons (Fsp3) is 0.600. The first-order chi connectivity index (χ1) is 7.56. The molecular weight excluding hydrogens is 194 g/mol. The molecule has 2 atom stereocenters. The molecule has 0 saturated heterocycles. The molecule has 0 heterocycles. The molecule has 88 valence electrons. The minimum atomic E-state index is 0.247. The van der Waals surface area contributed by atoms with Crippen LogP contribution < -0.4 is 5.32 Å². The number of hydrogen-bond donors (Lipinski definition) is 1. The zero-order valence-corrected chi connectivity index (χ0v) is 10.7. The molecule has 16 heavy (non-hydrogen) atoms. The van der Waals surface area contributed by atoms with Gasteiger partial charge in [-0.2, -0.15) is 0 Å². The van der Waals surface area contributed by atoms with Gasteiger partial charge < -0.3 is 5.32 Å². The zero-order chi connectivity index (χ0) is 11.6. The Balaban J connectivity index is 1.90. The highest BCUT2D eigenvalue weighted by Crippen LogP contribution is 2.42. The summed E-state index contributed by atoms with van der Waals surface area (Å²) < 4.78 is 0. The minimum absolute atomic E-state index is 0.247. The second-order valence-electron chi connectivity index (χ2n) is 5.99. The van der Waals surface area contributed by atoms with Gasteiger partial charge in [-0.1, -0.05) is 30.3 Å². The first kappa shape index (κ1) is 11.7. The summed E-state index contributed by atoms with van der Waals surface area (Å²) in [5.74, 6) is 1.62. The van der Waals surface area contributed by atoms with E-state index >= 15 is 0 Å². The summed E-state index contributed by atoms with van der Waals surface area (Å²) >= 11 is 0. The van der Waals surface area contributed by atoms with Crippen molar-refractivity contribution in [1.82, 2.24) is 5.32 Å². The van der Waals surface area contributed by atoms with Crippen molar-refractivity contribution in [3.05, 3.63) is 35.9 Å². The molecular formula is C15H23N. The molecule has 2 rings (SSSR count). The molecule has 1 aliphatic rings. The predicted octanol–water partition coefficient (Wildman–Crippen LogP) is 3.57. The molecule has 0 radical (unpaired) electrons. The molecule has 1 fully saturated rings. The van der Waals surface area contributed by atoms with E-state index < -0.39 is 0 Å². The maximum atomic E-state index is 3.62. The average Bonchev–Trinajstić information content (AvgIpc) is 2.16. The largest absolute Gasteiger partial charge is 0.312 e. The van der Waals surface area contributed by atoms with Crippen molar-refractivity contribution in [3.63, 3.8) is 0 Å². The van der Waals surface area contributed by atoms with Crippen LogP contribution in [-0.2, 0) is 0 Å². The third kappa shape index (κ3) is 2.85. The Morgan fingerprint density at radius 2 is 1.81 bits per heavy atom. The lowest BCUT2D eigenvalue weighted by molar-refractivity contribution is 0.226. The Labute approximate surface area is 99.3 Å². The number of rotatable bonds is 3. The van der Waals surface area contributed by atoms with Gasteiger partial charge in [0.15, 0.2) is 0 Å². The van der Waals surface area contributed by atoms with Crippen LogP contribution in [0, 0.1) is 5.92 Å². The molecule has 1 nitrogen and oxygen atoms in total. The maximum absolute atomic E-state index is 3.62. The third-order valence-corrected chi connectivity index (χ3v) is 3.54. The van der Waals surface area contributed by atoms with E-state index in [1.807, 2.05) is 0 Å². The van der Waals surface area contributed by atoms with Crippen molar-refractivity contribution in [2.45, 2.75) is 45.1 Å². The van der Waals surface area contributed by atoms with Crippen molar-refractivity contribution in [3.8, 4) is 0 Å².